The van der Waals surface area contributed by atoms with Gasteiger partial charge in [0.15, 0.2) is 11.5 Å². The quantitative estimate of drug-likeness (QED) is 0.548. The van der Waals surface area contributed by atoms with Crippen molar-refractivity contribution in [2.75, 3.05) is 18.0 Å². The number of amides is 1. The molecule has 1 fully saturated rings. The topological polar surface area (TPSA) is 75.4 Å². The summed E-state index contributed by atoms with van der Waals surface area (Å²) in [5.74, 6) is 1.67. The van der Waals surface area contributed by atoms with Gasteiger partial charge in [0.2, 0.25) is 0 Å². The molecule has 7 nitrogen and oxygen atoms in total. The molecule has 0 unspecified atom stereocenters. The Morgan fingerprint density at radius 2 is 1.93 bits per heavy atom. The maximum atomic E-state index is 12.6. The first-order chi connectivity index (χ1) is 14.7. The van der Waals surface area contributed by atoms with Crippen LogP contribution >= 0.6 is 11.3 Å². The molecule has 8 heteroatoms. The summed E-state index contributed by atoms with van der Waals surface area (Å²) in [6.07, 6.45) is 1.77. The lowest BCUT2D eigenvalue weighted by Crippen LogP contribution is -2.45. The summed E-state index contributed by atoms with van der Waals surface area (Å²) in [5.41, 5.74) is 3.51. The lowest BCUT2D eigenvalue weighted by Gasteiger charge is -2.33. The highest BCUT2D eigenvalue weighted by atomic mass is 32.1. The van der Waals surface area contributed by atoms with Gasteiger partial charge < -0.3 is 10.2 Å². The lowest BCUT2D eigenvalue weighted by atomic mass is 10.0. The van der Waals surface area contributed by atoms with Crippen LogP contribution in [0, 0.1) is 6.92 Å². The van der Waals surface area contributed by atoms with Crippen LogP contribution in [0.15, 0.2) is 53.2 Å². The maximum Gasteiger partial charge on any atom is 0.251 e. The second-order valence-electron chi connectivity index (χ2n) is 7.55. The molecule has 0 radical (unpaired) electrons. The predicted molar refractivity (Wildman–Crippen MR) is 118 cm³/mol. The molecule has 1 aliphatic heterocycles. The Morgan fingerprint density at radius 3 is 2.70 bits per heavy atom. The molecule has 4 heterocycles. The summed E-state index contributed by atoms with van der Waals surface area (Å²) < 4.78 is 1.81. The standard InChI is InChI=1S/C22H22N6OS/c1-15-4-2-3-5-18(15)22(29)23-17-8-11-27(12-9-17)20-7-6-19-24-25-21(28(19)26-20)16-10-13-30-14-16/h2-7,10,13-14,17H,8-9,11-12H2,1H3,(H,23,29). The van der Waals surface area contributed by atoms with Crippen LogP contribution in [0.5, 0.6) is 0 Å². The fourth-order valence-corrected chi connectivity index (χ4v) is 4.50. The van der Waals surface area contributed by atoms with Crippen molar-refractivity contribution >= 4 is 28.7 Å². The number of fused-ring (bicyclic) bond motifs is 1. The average molecular weight is 419 g/mol. The van der Waals surface area contributed by atoms with Crippen molar-refractivity contribution in [3.63, 3.8) is 0 Å². The van der Waals surface area contributed by atoms with Gasteiger partial charge in [-0.05, 0) is 55.0 Å². The van der Waals surface area contributed by atoms with Gasteiger partial charge in [0.05, 0.1) is 0 Å². The summed E-state index contributed by atoms with van der Waals surface area (Å²) in [4.78, 5) is 14.9. The van der Waals surface area contributed by atoms with Gasteiger partial charge in [-0.3, -0.25) is 4.79 Å². The number of hydrogen-bond acceptors (Lipinski definition) is 6. The highest BCUT2D eigenvalue weighted by Crippen LogP contribution is 2.23. The molecule has 0 bridgehead atoms. The number of benzene rings is 1. The molecule has 1 saturated heterocycles. The molecular weight excluding hydrogens is 396 g/mol. The Balaban J connectivity index is 1.27. The van der Waals surface area contributed by atoms with Gasteiger partial charge in [0.1, 0.15) is 5.82 Å². The number of aryl methyl sites for hydroxylation is 1. The van der Waals surface area contributed by atoms with Crippen molar-refractivity contribution in [3.05, 3.63) is 64.4 Å². The fraction of sp³-hybridized carbons (Fsp3) is 0.273. The zero-order valence-corrected chi connectivity index (χ0v) is 17.5. The van der Waals surface area contributed by atoms with E-state index in [0.29, 0.717) is 0 Å². The molecule has 3 aromatic heterocycles. The Morgan fingerprint density at radius 1 is 1.10 bits per heavy atom. The van der Waals surface area contributed by atoms with E-state index in [1.807, 2.05) is 64.7 Å². The third kappa shape index (κ3) is 3.54. The summed E-state index contributed by atoms with van der Waals surface area (Å²) in [6, 6.07) is 13.9. The largest absolute Gasteiger partial charge is 0.355 e. The van der Waals surface area contributed by atoms with Crippen LogP contribution < -0.4 is 10.2 Å². The second-order valence-corrected chi connectivity index (χ2v) is 8.33. The molecule has 0 aliphatic carbocycles. The van der Waals surface area contributed by atoms with Crippen molar-refractivity contribution < 1.29 is 4.79 Å². The third-order valence-electron chi connectivity index (χ3n) is 5.57. The van der Waals surface area contributed by atoms with E-state index < -0.39 is 0 Å². The van der Waals surface area contributed by atoms with Gasteiger partial charge in [-0.1, -0.05) is 18.2 Å². The van der Waals surface area contributed by atoms with Crippen molar-refractivity contribution in [1.29, 1.82) is 0 Å². The molecule has 1 aliphatic rings. The Hall–Kier alpha value is -3.26. The number of nitrogens with one attached hydrogen (secondary N) is 1. The number of hydrogen-bond donors (Lipinski definition) is 1. The van der Waals surface area contributed by atoms with Crippen LogP contribution in [-0.2, 0) is 0 Å². The van der Waals surface area contributed by atoms with Gasteiger partial charge in [-0.2, -0.15) is 15.9 Å². The molecule has 0 atom stereocenters. The Bertz CT molecular complexity index is 1180. The van der Waals surface area contributed by atoms with E-state index >= 15 is 0 Å². The van der Waals surface area contributed by atoms with Gasteiger partial charge in [0, 0.05) is 35.6 Å². The first-order valence-corrected chi connectivity index (χ1v) is 11.0. The zero-order valence-electron chi connectivity index (χ0n) is 16.7. The van der Waals surface area contributed by atoms with Gasteiger partial charge in [-0.15, -0.1) is 15.3 Å². The number of rotatable bonds is 4. The van der Waals surface area contributed by atoms with E-state index in [9.17, 15) is 4.79 Å². The summed E-state index contributed by atoms with van der Waals surface area (Å²) >= 11 is 1.63. The molecular formula is C22H22N6OS. The average Bonchev–Trinajstić information content (AvgIpc) is 3.43. The molecule has 152 valence electrons. The van der Waals surface area contributed by atoms with Crippen molar-refractivity contribution in [1.82, 2.24) is 25.1 Å². The molecule has 5 rings (SSSR count). The normalized spacial score (nSPS) is 14.9. The van der Waals surface area contributed by atoms with E-state index in [0.717, 1.165) is 59.9 Å². The van der Waals surface area contributed by atoms with Crippen molar-refractivity contribution in [3.8, 4) is 11.4 Å². The Labute approximate surface area is 178 Å². The molecule has 1 N–H and O–H groups in total. The molecule has 4 aromatic rings. The number of carbonyl (C=O) groups excluding carboxylic acids is 1. The van der Waals surface area contributed by atoms with Crippen LogP contribution in [0.1, 0.15) is 28.8 Å². The minimum Gasteiger partial charge on any atom is -0.355 e. The molecule has 30 heavy (non-hydrogen) atoms. The number of aromatic nitrogens is 4. The number of carbonyl (C=O) groups is 1. The van der Waals surface area contributed by atoms with E-state index in [1.54, 1.807) is 11.3 Å². The van der Waals surface area contributed by atoms with Crippen LogP contribution in [0.3, 0.4) is 0 Å². The summed E-state index contributed by atoms with van der Waals surface area (Å²) in [7, 11) is 0. The molecule has 0 spiro atoms. The first kappa shape index (κ1) is 18.7. The van der Waals surface area contributed by atoms with Crippen LogP contribution in [-0.4, -0.2) is 44.8 Å². The highest BCUT2D eigenvalue weighted by Gasteiger charge is 2.23. The van der Waals surface area contributed by atoms with E-state index in [4.69, 9.17) is 5.10 Å². The molecule has 0 saturated carbocycles. The zero-order chi connectivity index (χ0) is 20.5. The third-order valence-corrected chi connectivity index (χ3v) is 6.26. The predicted octanol–water partition coefficient (Wildman–Crippen LogP) is 3.56. The minimum absolute atomic E-state index is 0.0102. The van der Waals surface area contributed by atoms with Crippen LogP contribution in [0.2, 0.25) is 0 Å². The van der Waals surface area contributed by atoms with E-state index in [2.05, 4.69) is 20.4 Å². The second kappa shape index (κ2) is 7.87. The van der Waals surface area contributed by atoms with Crippen molar-refractivity contribution in [2.45, 2.75) is 25.8 Å². The summed E-state index contributed by atoms with van der Waals surface area (Å²) in [6.45, 7) is 3.65. The highest BCUT2D eigenvalue weighted by molar-refractivity contribution is 7.08. The van der Waals surface area contributed by atoms with Gasteiger partial charge in [-0.25, -0.2) is 0 Å². The van der Waals surface area contributed by atoms with Gasteiger partial charge >= 0.3 is 0 Å². The fourth-order valence-electron chi connectivity index (χ4n) is 3.86. The van der Waals surface area contributed by atoms with Crippen LogP contribution in [0.4, 0.5) is 5.82 Å². The lowest BCUT2D eigenvalue weighted by molar-refractivity contribution is 0.0930. The number of anilines is 1. The van der Waals surface area contributed by atoms with Crippen molar-refractivity contribution in [2.24, 2.45) is 0 Å². The summed E-state index contributed by atoms with van der Waals surface area (Å²) in [5, 5.41) is 20.6. The number of piperidine rings is 1. The van der Waals surface area contributed by atoms with Gasteiger partial charge in [0.25, 0.3) is 5.91 Å². The maximum absolute atomic E-state index is 12.6. The van der Waals surface area contributed by atoms with E-state index in [-0.39, 0.29) is 11.9 Å². The number of thiophene rings is 1. The first-order valence-electron chi connectivity index (χ1n) is 10.1. The molecule has 1 amide bonds. The Kier molecular flexibility index (Phi) is 4.92. The van der Waals surface area contributed by atoms with E-state index in [1.165, 1.54) is 0 Å². The SMILES string of the molecule is Cc1ccccc1C(=O)NC1CCN(c2ccc3nnc(-c4ccsc4)n3n2)CC1. The minimum atomic E-state index is 0.0102. The number of nitrogens with zero attached hydrogens (tertiary/aromatic N) is 5. The molecule has 1 aromatic carbocycles. The smallest absolute Gasteiger partial charge is 0.251 e. The monoisotopic (exact) mass is 418 g/mol. The van der Waals surface area contributed by atoms with Crippen LogP contribution in [0.25, 0.3) is 17.0 Å².